The van der Waals surface area contributed by atoms with Crippen LogP contribution in [0.4, 0.5) is 5.95 Å². The van der Waals surface area contributed by atoms with E-state index in [2.05, 4.69) is 4.57 Å². The van der Waals surface area contributed by atoms with Crippen LogP contribution >= 0.6 is 0 Å². The Labute approximate surface area is 172 Å². The zero-order chi connectivity index (χ0) is 19.8. The Morgan fingerprint density at radius 3 is 1.79 bits per heavy atom. The number of rotatable bonds is 3. The summed E-state index contributed by atoms with van der Waals surface area (Å²) in [5, 5.41) is 0. The van der Waals surface area contributed by atoms with Crippen LogP contribution in [0.25, 0.3) is 11.2 Å². The van der Waals surface area contributed by atoms with Crippen LogP contribution in [0.5, 0.6) is 0 Å². The van der Waals surface area contributed by atoms with Crippen molar-refractivity contribution in [3.05, 3.63) is 16.2 Å². The number of nitrogens with two attached hydrogens (primary N) is 1. The highest BCUT2D eigenvalue weighted by Gasteiger charge is 2.30. The van der Waals surface area contributed by atoms with Crippen molar-refractivity contribution >= 4 is 17.1 Å². The molecular weight excluding hydrogens is 362 g/mol. The zero-order valence-electron chi connectivity index (χ0n) is 17.6. The Hall–Kier alpha value is -1.85. The highest BCUT2D eigenvalue weighted by atomic mass is 16.1. The van der Waals surface area contributed by atoms with Gasteiger partial charge in [-0.2, -0.15) is 4.98 Å². The van der Waals surface area contributed by atoms with Gasteiger partial charge in [0.2, 0.25) is 5.95 Å². The molecule has 0 aromatic carbocycles. The predicted molar refractivity (Wildman–Crippen MR) is 116 cm³/mol. The molecule has 0 spiro atoms. The molecule has 2 aromatic heterocycles. The van der Waals surface area contributed by atoms with Crippen LogP contribution in [0.15, 0.2) is 4.79 Å². The van der Waals surface area contributed by atoms with Crippen molar-refractivity contribution < 1.29 is 0 Å². The molecule has 0 unspecified atom stereocenters. The molecule has 2 heterocycles. The lowest BCUT2D eigenvalue weighted by molar-refractivity contribution is 0.332. The summed E-state index contributed by atoms with van der Waals surface area (Å²) in [4.78, 5) is 23.4. The van der Waals surface area contributed by atoms with Gasteiger partial charge in [0.25, 0.3) is 5.56 Å². The molecule has 0 radical (unpaired) electrons. The molecule has 0 aliphatic heterocycles. The second-order valence-corrected chi connectivity index (χ2v) is 9.58. The number of imidazole rings is 1. The Bertz CT molecular complexity index is 911. The number of fused-ring (bicyclic) bond motifs is 1. The molecule has 29 heavy (non-hydrogen) atoms. The van der Waals surface area contributed by atoms with Gasteiger partial charge in [0, 0.05) is 18.0 Å². The Morgan fingerprint density at radius 2 is 1.21 bits per heavy atom. The lowest BCUT2D eigenvalue weighted by Gasteiger charge is -2.29. The highest BCUT2D eigenvalue weighted by molar-refractivity contribution is 5.72. The molecule has 2 N–H and O–H groups in total. The van der Waals surface area contributed by atoms with Crippen LogP contribution in [0.1, 0.15) is 120 Å². The monoisotopic (exact) mass is 397 g/mol. The first-order valence-electron chi connectivity index (χ1n) is 12.0. The maximum absolute atomic E-state index is 13.5. The van der Waals surface area contributed by atoms with Crippen molar-refractivity contribution in [2.75, 3.05) is 5.73 Å². The molecule has 0 saturated heterocycles. The SMILES string of the molecule is Nc1nc2c(nc(C3CCCCC3)n2C2CCCCC2)c(=O)n1C1CCCCC1. The third-order valence-electron chi connectivity index (χ3n) is 7.65. The lowest BCUT2D eigenvalue weighted by Crippen LogP contribution is -2.30. The number of aromatic nitrogens is 4. The normalized spacial score (nSPS) is 23.0. The van der Waals surface area contributed by atoms with E-state index in [-0.39, 0.29) is 11.6 Å². The average Bonchev–Trinajstić information content (AvgIpc) is 3.15. The van der Waals surface area contributed by atoms with Gasteiger partial charge in [0.05, 0.1) is 0 Å². The molecule has 3 saturated carbocycles. The zero-order valence-corrected chi connectivity index (χ0v) is 17.6. The van der Waals surface area contributed by atoms with Gasteiger partial charge >= 0.3 is 0 Å². The number of hydrogen-bond acceptors (Lipinski definition) is 4. The van der Waals surface area contributed by atoms with E-state index in [0.29, 0.717) is 23.4 Å². The maximum Gasteiger partial charge on any atom is 0.283 e. The average molecular weight is 398 g/mol. The Balaban J connectivity index is 1.66. The van der Waals surface area contributed by atoms with Crippen molar-refractivity contribution in [3.63, 3.8) is 0 Å². The number of nitrogen functional groups attached to an aromatic ring is 1. The third-order valence-corrected chi connectivity index (χ3v) is 7.65. The molecule has 3 aliphatic rings. The molecule has 0 atom stereocenters. The summed E-state index contributed by atoms with van der Waals surface area (Å²) in [5.74, 6) is 1.97. The summed E-state index contributed by atoms with van der Waals surface area (Å²) in [6, 6.07) is 0.605. The number of hydrogen-bond donors (Lipinski definition) is 1. The molecule has 0 bridgehead atoms. The van der Waals surface area contributed by atoms with Crippen LogP contribution < -0.4 is 11.3 Å². The highest BCUT2D eigenvalue weighted by Crippen LogP contribution is 2.38. The summed E-state index contributed by atoms with van der Waals surface area (Å²) in [6.07, 6.45) is 18.0. The van der Waals surface area contributed by atoms with Crippen LogP contribution in [-0.2, 0) is 0 Å². The molecule has 6 nitrogen and oxygen atoms in total. The van der Waals surface area contributed by atoms with E-state index in [9.17, 15) is 4.79 Å². The van der Waals surface area contributed by atoms with Gasteiger partial charge in [-0.1, -0.05) is 57.8 Å². The van der Waals surface area contributed by atoms with E-state index in [1.165, 1.54) is 83.5 Å². The van der Waals surface area contributed by atoms with Gasteiger partial charge in [0.1, 0.15) is 5.82 Å². The summed E-state index contributed by atoms with van der Waals surface area (Å²) in [6.45, 7) is 0. The van der Waals surface area contributed by atoms with Crippen molar-refractivity contribution in [1.82, 2.24) is 19.1 Å². The molecule has 158 valence electrons. The fourth-order valence-electron chi connectivity index (χ4n) is 6.11. The molecule has 3 aliphatic carbocycles. The van der Waals surface area contributed by atoms with E-state index in [4.69, 9.17) is 15.7 Å². The predicted octanol–water partition coefficient (Wildman–Crippen LogP) is 5.23. The van der Waals surface area contributed by atoms with Gasteiger partial charge in [-0.15, -0.1) is 0 Å². The largest absolute Gasteiger partial charge is 0.369 e. The molecule has 3 fully saturated rings. The Morgan fingerprint density at radius 1 is 0.690 bits per heavy atom. The minimum atomic E-state index is -0.00832. The van der Waals surface area contributed by atoms with E-state index < -0.39 is 0 Å². The number of anilines is 1. The first-order chi connectivity index (χ1) is 14.2. The summed E-state index contributed by atoms with van der Waals surface area (Å²) in [5.41, 5.74) is 7.73. The van der Waals surface area contributed by atoms with Gasteiger partial charge in [-0.25, -0.2) is 4.98 Å². The van der Waals surface area contributed by atoms with Crippen molar-refractivity contribution in [1.29, 1.82) is 0 Å². The van der Waals surface area contributed by atoms with E-state index in [0.717, 1.165) is 24.3 Å². The first-order valence-corrected chi connectivity index (χ1v) is 12.0. The third kappa shape index (κ3) is 3.49. The fraction of sp³-hybridized carbons (Fsp3) is 0.783. The smallest absolute Gasteiger partial charge is 0.283 e. The van der Waals surface area contributed by atoms with E-state index in [1.54, 1.807) is 4.57 Å². The molecule has 2 aromatic rings. The van der Waals surface area contributed by atoms with Gasteiger partial charge in [-0.3, -0.25) is 9.36 Å². The van der Waals surface area contributed by atoms with Crippen LogP contribution in [0.3, 0.4) is 0 Å². The second-order valence-electron chi connectivity index (χ2n) is 9.58. The molecular formula is C23H35N5O. The van der Waals surface area contributed by atoms with Gasteiger partial charge in [-0.05, 0) is 38.5 Å². The maximum atomic E-state index is 13.5. The number of nitrogens with zero attached hydrogens (tertiary/aromatic N) is 4. The standard InChI is InChI=1S/C23H35N5O/c24-23-26-21-19(22(29)28(23)18-14-8-3-9-15-18)25-20(16-10-4-1-5-11-16)27(21)17-12-6-2-7-13-17/h16-18H,1-15H2,(H2,24,26). The minimum absolute atomic E-state index is 0.00832. The topological polar surface area (TPSA) is 78.7 Å². The molecule has 5 rings (SSSR count). The van der Waals surface area contributed by atoms with E-state index >= 15 is 0 Å². The molecule has 0 amide bonds. The van der Waals surface area contributed by atoms with Crippen molar-refractivity contribution in [2.45, 2.75) is 114 Å². The quantitative estimate of drug-likeness (QED) is 0.769. The first kappa shape index (κ1) is 19.1. The molecule has 6 heteroatoms. The van der Waals surface area contributed by atoms with Crippen LogP contribution in [0, 0.1) is 0 Å². The minimum Gasteiger partial charge on any atom is -0.369 e. The van der Waals surface area contributed by atoms with Crippen LogP contribution in [-0.4, -0.2) is 19.1 Å². The fourth-order valence-corrected chi connectivity index (χ4v) is 6.11. The van der Waals surface area contributed by atoms with E-state index in [1.807, 2.05) is 0 Å². The summed E-state index contributed by atoms with van der Waals surface area (Å²) < 4.78 is 4.12. The van der Waals surface area contributed by atoms with Gasteiger partial charge < -0.3 is 10.3 Å². The lowest BCUT2D eigenvalue weighted by atomic mass is 9.88. The van der Waals surface area contributed by atoms with Crippen molar-refractivity contribution in [2.24, 2.45) is 0 Å². The summed E-state index contributed by atoms with van der Waals surface area (Å²) in [7, 11) is 0. The van der Waals surface area contributed by atoms with Crippen molar-refractivity contribution in [3.8, 4) is 0 Å². The summed E-state index contributed by atoms with van der Waals surface area (Å²) >= 11 is 0. The van der Waals surface area contributed by atoms with Crippen LogP contribution in [0.2, 0.25) is 0 Å². The second kappa shape index (κ2) is 8.11. The Kier molecular flexibility index (Phi) is 5.35. The van der Waals surface area contributed by atoms with Gasteiger partial charge in [0.15, 0.2) is 11.2 Å².